The third-order valence-corrected chi connectivity index (χ3v) is 2.21. The quantitative estimate of drug-likeness (QED) is 0.668. The molecule has 1 rings (SSSR count). The van der Waals surface area contributed by atoms with Crippen LogP contribution >= 0.6 is 21.7 Å². The standard InChI is InChI=1S/C6H6BClO2S/c8-11-6-3-1-2-5(4-6)7(9)10/h1-4,9-10H. The van der Waals surface area contributed by atoms with Gasteiger partial charge in [-0.1, -0.05) is 12.1 Å². The zero-order valence-corrected chi connectivity index (χ0v) is 7.14. The van der Waals surface area contributed by atoms with Crippen LogP contribution < -0.4 is 5.46 Å². The van der Waals surface area contributed by atoms with Crippen molar-refractivity contribution in [1.29, 1.82) is 0 Å². The molecule has 0 radical (unpaired) electrons. The monoisotopic (exact) mass is 188 g/mol. The molecule has 0 amide bonds. The van der Waals surface area contributed by atoms with Gasteiger partial charge in [0.2, 0.25) is 0 Å². The van der Waals surface area contributed by atoms with Gasteiger partial charge < -0.3 is 10.0 Å². The van der Waals surface area contributed by atoms with E-state index in [0.29, 0.717) is 5.46 Å². The highest BCUT2D eigenvalue weighted by Gasteiger charge is 2.10. The number of halogens is 1. The van der Waals surface area contributed by atoms with Gasteiger partial charge >= 0.3 is 7.12 Å². The molecule has 2 nitrogen and oxygen atoms in total. The van der Waals surface area contributed by atoms with Gasteiger partial charge in [-0.05, 0) is 39.3 Å². The van der Waals surface area contributed by atoms with Crippen molar-refractivity contribution < 1.29 is 10.0 Å². The second kappa shape index (κ2) is 4.02. The summed E-state index contributed by atoms with van der Waals surface area (Å²) in [7, 11) is 5.09. The largest absolute Gasteiger partial charge is 0.488 e. The molecule has 0 aliphatic carbocycles. The summed E-state index contributed by atoms with van der Waals surface area (Å²) < 4.78 is 0. The molecule has 0 bridgehead atoms. The van der Waals surface area contributed by atoms with Crippen molar-refractivity contribution in [2.75, 3.05) is 0 Å². The maximum absolute atomic E-state index is 8.75. The Balaban J connectivity index is 2.91. The van der Waals surface area contributed by atoms with Crippen LogP contribution in [0.15, 0.2) is 29.2 Å². The van der Waals surface area contributed by atoms with Crippen molar-refractivity contribution in [2.24, 2.45) is 0 Å². The Labute approximate surface area is 73.8 Å². The Morgan fingerprint density at radius 1 is 1.36 bits per heavy atom. The highest BCUT2D eigenvalue weighted by Crippen LogP contribution is 2.19. The third-order valence-electron chi connectivity index (χ3n) is 1.25. The first-order valence-corrected chi connectivity index (χ1v) is 4.63. The molecule has 0 fully saturated rings. The molecule has 58 valence electrons. The fourth-order valence-corrected chi connectivity index (χ4v) is 1.32. The lowest BCUT2D eigenvalue weighted by Crippen LogP contribution is -2.29. The van der Waals surface area contributed by atoms with Crippen molar-refractivity contribution in [3.05, 3.63) is 24.3 Å². The van der Waals surface area contributed by atoms with Crippen LogP contribution in [0.1, 0.15) is 0 Å². The minimum atomic E-state index is -1.42. The number of hydrogen-bond donors (Lipinski definition) is 2. The average Bonchev–Trinajstić information content (AvgIpc) is 2.05. The van der Waals surface area contributed by atoms with Crippen LogP contribution in [0.5, 0.6) is 0 Å². The summed E-state index contributed by atoms with van der Waals surface area (Å²) in [4.78, 5) is 0.803. The van der Waals surface area contributed by atoms with Gasteiger partial charge in [0.1, 0.15) is 0 Å². The molecule has 0 atom stereocenters. The molecule has 0 saturated carbocycles. The van der Waals surface area contributed by atoms with Gasteiger partial charge in [0.05, 0.1) is 0 Å². The summed E-state index contributed by atoms with van der Waals surface area (Å²) in [6.07, 6.45) is 0. The summed E-state index contributed by atoms with van der Waals surface area (Å²) >= 11 is 0. The van der Waals surface area contributed by atoms with E-state index >= 15 is 0 Å². The van der Waals surface area contributed by atoms with Crippen LogP contribution in [0.25, 0.3) is 0 Å². The molecule has 1 aromatic rings. The second-order valence-electron chi connectivity index (χ2n) is 2.02. The van der Waals surface area contributed by atoms with Gasteiger partial charge in [-0.15, -0.1) is 0 Å². The van der Waals surface area contributed by atoms with Gasteiger partial charge in [-0.3, -0.25) is 0 Å². The van der Waals surface area contributed by atoms with Crippen molar-refractivity contribution in [3.63, 3.8) is 0 Å². The van der Waals surface area contributed by atoms with Crippen LogP contribution in [0, 0.1) is 0 Å². The molecule has 1 aromatic carbocycles. The summed E-state index contributed by atoms with van der Waals surface area (Å²) in [5.74, 6) is 0. The van der Waals surface area contributed by atoms with Crippen LogP contribution in [-0.2, 0) is 0 Å². The molecule has 0 aromatic heterocycles. The minimum absolute atomic E-state index is 0.454. The predicted octanol–water partition coefficient (Wildman–Crippen LogP) is 0.612. The predicted molar refractivity (Wildman–Crippen MR) is 48.0 cm³/mol. The van der Waals surface area contributed by atoms with Crippen molar-refractivity contribution in [2.45, 2.75) is 4.90 Å². The first kappa shape index (κ1) is 8.94. The summed E-state index contributed by atoms with van der Waals surface area (Å²) in [6.45, 7) is 0. The fraction of sp³-hybridized carbons (Fsp3) is 0. The zero-order valence-electron chi connectivity index (χ0n) is 5.57. The Hall–Kier alpha value is -0.155. The molecular weight excluding hydrogens is 182 g/mol. The lowest BCUT2D eigenvalue weighted by molar-refractivity contribution is 0.425. The second-order valence-corrected chi connectivity index (χ2v) is 3.11. The molecule has 5 heteroatoms. The molecule has 11 heavy (non-hydrogen) atoms. The van der Waals surface area contributed by atoms with Crippen LogP contribution in [0.2, 0.25) is 0 Å². The smallest absolute Gasteiger partial charge is 0.423 e. The molecule has 0 aliphatic rings. The Bertz CT molecular complexity index is 244. The average molecular weight is 188 g/mol. The SMILES string of the molecule is OB(O)c1cccc(SCl)c1. The van der Waals surface area contributed by atoms with Gasteiger partial charge in [-0.2, -0.15) is 0 Å². The van der Waals surface area contributed by atoms with E-state index in [1.54, 1.807) is 24.3 Å². The van der Waals surface area contributed by atoms with Crippen molar-refractivity contribution in [3.8, 4) is 0 Å². The van der Waals surface area contributed by atoms with Crippen LogP contribution in [-0.4, -0.2) is 17.2 Å². The first-order valence-electron chi connectivity index (χ1n) is 2.98. The van der Waals surface area contributed by atoms with E-state index in [2.05, 4.69) is 0 Å². The lowest BCUT2D eigenvalue weighted by atomic mass is 9.81. The van der Waals surface area contributed by atoms with E-state index in [0.717, 1.165) is 15.9 Å². The number of benzene rings is 1. The summed E-state index contributed by atoms with van der Waals surface area (Å²) in [5.41, 5.74) is 0.454. The van der Waals surface area contributed by atoms with Gasteiger partial charge in [0.15, 0.2) is 0 Å². The minimum Gasteiger partial charge on any atom is -0.423 e. The van der Waals surface area contributed by atoms with Crippen LogP contribution in [0.3, 0.4) is 0 Å². The van der Waals surface area contributed by atoms with Gasteiger partial charge in [0, 0.05) is 4.90 Å². The fourth-order valence-electron chi connectivity index (χ4n) is 0.723. The Morgan fingerprint density at radius 3 is 2.64 bits per heavy atom. The van der Waals surface area contributed by atoms with E-state index < -0.39 is 7.12 Å². The lowest BCUT2D eigenvalue weighted by Gasteiger charge is -1.99. The number of rotatable bonds is 2. The topological polar surface area (TPSA) is 40.5 Å². The van der Waals surface area contributed by atoms with Gasteiger partial charge in [-0.25, -0.2) is 0 Å². The zero-order chi connectivity index (χ0) is 8.27. The van der Waals surface area contributed by atoms with Gasteiger partial charge in [0.25, 0.3) is 0 Å². The van der Waals surface area contributed by atoms with E-state index in [-0.39, 0.29) is 0 Å². The Kier molecular flexibility index (Phi) is 3.26. The van der Waals surface area contributed by atoms with E-state index in [1.807, 2.05) is 0 Å². The van der Waals surface area contributed by atoms with E-state index in [4.69, 9.17) is 20.7 Å². The normalized spacial score (nSPS) is 9.73. The van der Waals surface area contributed by atoms with Crippen molar-refractivity contribution in [1.82, 2.24) is 0 Å². The highest BCUT2D eigenvalue weighted by molar-refractivity contribution is 8.21. The molecule has 0 unspecified atom stereocenters. The molecule has 0 spiro atoms. The maximum Gasteiger partial charge on any atom is 0.488 e. The molecular formula is C6H6BClO2S. The molecule has 2 N–H and O–H groups in total. The van der Waals surface area contributed by atoms with E-state index in [9.17, 15) is 0 Å². The summed E-state index contributed by atoms with van der Waals surface area (Å²) in [5, 5.41) is 17.5. The number of hydrogen-bond acceptors (Lipinski definition) is 3. The van der Waals surface area contributed by atoms with E-state index in [1.165, 1.54) is 0 Å². The molecule has 0 aliphatic heterocycles. The third kappa shape index (κ3) is 2.41. The molecule has 0 heterocycles. The first-order chi connectivity index (χ1) is 5.24. The summed E-state index contributed by atoms with van der Waals surface area (Å²) in [6, 6.07) is 6.77. The van der Waals surface area contributed by atoms with Crippen molar-refractivity contribution >= 4 is 34.2 Å². The van der Waals surface area contributed by atoms with Crippen LogP contribution in [0.4, 0.5) is 0 Å². The molecule has 0 saturated heterocycles. The highest BCUT2D eigenvalue weighted by atomic mass is 35.7. The maximum atomic E-state index is 8.75. The Morgan fingerprint density at radius 2 is 2.09 bits per heavy atom.